The zero-order valence-corrected chi connectivity index (χ0v) is 15.7. The molecule has 3 heterocycles. The molecule has 0 spiro atoms. The largest absolute Gasteiger partial charge is 0.370 e. The summed E-state index contributed by atoms with van der Waals surface area (Å²) in [5.74, 6) is 0. The topological polar surface area (TPSA) is 74.3 Å². The first-order valence-corrected chi connectivity index (χ1v) is 8.70. The Labute approximate surface area is 146 Å². The van der Waals surface area contributed by atoms with Crippen molar-refractivity contribution in [3.05, 3.63) is 27.2 Å². The highest BCUT2D eigenvalue weighted by molar-refractivity contribution is 5.69. The monoisotopic (exact) mass is 349 g/mol. The standard InChI is InChI=1S/C17H27N5O3/c1-12-9-21(10-17(2,3)25-12)7-6-8-22-15(23)13-14(18-11-19(13)4)20(5)16(22)24/h11-12H,6-10H2,1-5H3. The van der Waals surface area contributed by atoms with Gasteiger partial charge >= 0.3 is 5.69 Å². The van der Waals surface area contributed by atoms with E-state index in [1.54, 1.807) is 25.0 Å². The first kappa shape index (κ1) is 17.9. The quantitative estimate of drug-likeness (QED) is 0.795. The van der Waals surface area contributed by atoms with Crippen molar-refractivity contribution in [2.75, 3.05) is 19.6 Å². The maximum atomic E-state index is 12.7. The van der Waals surface area contributed by atoms with Gasteiger partial charge in [-0.25, -0.2) is 9.78 Å². The molecular weight excluding hydrogens is 322 g/mol. The van der Waals surface area contributed by atoms with Gasteiger partial charge in [0, 0.05) is 40.3 Å². The van der Waals surface area contributed by atoms with Gasteiger partial charge < -0.3 is 9.30 Å². The van der Waals surface area contributed by atoms with E-state index in [0.29, 0.717) is 17.7 Å². The first-order chi connectivity index (χ1) is 11.7. The lowest BCUT2D eigenvalue weighted by molar-refractivity contribution is -0.128. The maximum absolute atomic E-state index is 12.7. The Kier molecular flexibility index (Phi) is 4.59. The van der Waals surface area contributed by atoms with E-state index in [0.717, 1.165) is 26.1 Å². The van der Waals surface area contributed by atoms with Crippen LogP contribution >= 0.6 is 0 Å². The van der Waals surface area contributed by atoms with E-state index in [1.165, 1.54) is 9.13 Å². The molecule has 0 radical (unpaired) electrons. The van der Waals surface area contributed by atoms with Crippen LogP contribution in [0.1, 0.15) is 27.2 Å². The van der Waals surface area contributed by atoms with E-state index >= 15 is 0 Å². The van der Waals surface area contributed by atoms with Crippen LogP contribution in [-0.4, -0.2) is 54.9 Å². The molecule has 138 valence electrons. The molecule has 0 saturated carbocycles. The number of ether oxygens (including phenoxy) is 1. The molecule has 1 unspecified atom stereocenters. The molecule has 8 heteroatoms. The number of aromatic nitrogens is 4. The summed E-state index contributed by atoms with van der Waals surface area (Å²) in [5.41, 5.74) is 0.138. The number of fused-ring (bicyclic) bond motifs is 1. The Bertz CT molecular complexity index is 892. The number of hydrogen-bond acceptors (Lipinski definition) is 5. The molecule has 8 nitrogen and oxygen atoms in total. The normalized spacial score (nSPS) is 21.1. The molecule has 25 heavy (non-hydrogen) atoms. The van der Waals surface area contributed by atoms with E-state index in [-0.39, 0.29) is 23.0 Å². The van der Waals surface area contributed by atoms with Crippen molar-refractivity contribution < 1.29 is 4.74 Å². The molecule has 0 aromatic carbocycles. The van der Waals surface area contributed by atoms with Crippen LogP contribution in [-0.2, 0) is 25.4 Å². The summed E-state index contributed by atoms with van der Waals surface area (Å²) in [6.07, 6.45) is 2.49. The van der Waals surface area contributed by atoms with Crippen LogP contribution in [0.2, 0.25) is 0 Å². The average molecular weight is 349 g/mol. The lowest BCUT2D eigenvalue weighted by Crippen LogP contribution is -2.52. The van der Waals surface area contributed by atoms with Gasteiger partial charge in [0.1, 0.15) is 0 Å². The van der Waals surface area contributed by atoms with Gasteiger partial charge in [-0.2, -0.15) is 0 Å². The van der Waals surface area contributed by atoms with Crippen molar-refractivity contribution in [3.63, 3.8) is 0 Å². The summed E-state index contributed by atoms with van der Waals surface area (Å²) in [5, 5.41) is 0. The Morgan fingerprint density at radius 3 is 2.68 bits per heavy atom. The van der Waals surface area contributed by atoms with Gasteiger partial charge in [-0.15, -0.1) is 0 Å². The highest BCUT2D eigenvalue weighted by atomic mass is 16.5. The number of hydrogen-bond donors (Lipinski definition) is 0. The van der Waals surface area contributed by atoms with Crippen LogP contribution < -0.4 is 11.2 Å². The summed E-state index contributed by atoms with van der Waals surface area (Å²) in [6, 6.07) is 0. The Balaban J connectivity index is 1.77. The summed E-state index contributed by atoms with van der Waals surface area (Å²) in [6.45, 7) is 9.21. The van der Waals surface area contributed by atoms with Crippen molar-refractivity contribution >= 4 is 11.2 Å². The molecule has 0 bridgehead atoms. The predicted octanol–water partition coefficient (Wildman–Crippen LogP) is 0.323. The van der Waals surface area contributed by atoms with E-state index in [1.807, 2.05) is 0 Å². The molecule has 1 atom stereocenters. The van der Waals surface area contributed by atoms with E-state index in [4.69, 9.17) is 4.74 Å². The molecule has 1 fully saturated rings. The average Bonchev–Trinajstić information content (AvgIpc) is 2.88. The second-order valence-corrected chi connectivity index (χ2v) is 7.60. The van der Waals surface area contributed by atoms with Gasteiger partial charge in [-0.1, -0.05) is 0 Å². The van der Waals surface area contributed by atoms with Gasteiger partial charge in [0.25, 0.3) is 5.56 Å². The molecule has 0 aliphatic carbocycles. The Morgan fingerprint density at radius 2 is 2.00 bits per heavy atom. The van der Waals surface area contributed by atoms with Crippen LogP contribution in [0.15, 0.2) is 15.9 Å². The minimum atomic E-state index is -0.313. The fraction of sp³-hybridized carbons (Fsp3) is 0.706. The summed E-state index contributed by atoms with van der Waals surface area (Å²) >= 11 is 0. The van der Waals surface area contributed by atoms with Crippen LogP contribution in [0.25, 0.3) is 11.2 Å². The van der Waals surface area contributed by atoms with Gasteiger partial charge in [-0.05, 0) is 27.2 Å². The van der Waals surface area contributed by atoms with Crippen molar-refractivity contribution in [2.24, 2.45) is 14.1 Å². The summed E-state index contributed by atoms with van der Waals surface area (Å²) in [4.78, 5) is 31.7. The summed E-state index contributed by atoms with van der Waals surface area (Å²) in [7, 11) is 3.42. The molecule has 0 amide bonds. The van der Waals surface area contributed by atoms with E-state index in [9.17, 15) is 9.59 Å². The molecule has 1 saturated heterocycles. The first-order valence-electron chi connectivity index (χ1n) is 8.70. The third-order valence-electron chi connectivity index (χ3n) is 4.70. The second kappa shape index (κ2) is 6.42. The molecule has 1 aliphatic heterocycles. The minimum absolute atomic E-state index is 0.168. The third-order valence-corrected chi connectivity index (χ3v) is 4.70. The van der Waals surface area contributed by atoms with E-state index < -0.39 is 0 Å². The summed E-state index contributed by atoms with van der Waals surface area (Å²) < 4.78 is 10.3. The van der Waals surface area contributed by atoms with Crippen LogP contribution in [0.5, 0.6) is 0 Å². The zero-order valence-electron chi connectivity index (χ0n) is 15.7. The fourth-order valence-corrected chi connectivity index (χ4v) is 3.80. The SMILES string of the molecule is CC1CN(CCCn2c(=O)c3c(ncn3C)n(C)c2=O)CC(C)(C)O1. The molecule has 2 aromatic heterocycles. The van der Waals surface area contributed by atoms with Gasteiger partial charge in [-0.3, -0.25) is 18.8 Å². The Morgan fingerprint density at radius 1 is 1.28 bits per heavy atom. The lowest BCUT2D eigenvalue weighted by atomic mass is 10.1. The lowest BCUT2D eigenvalue weighted by Gasteiger charge is -2.41. The number of nitrogens with zero attached hydrogens (tertiary/aromatic N) is 5. The number of morpholine rings is 1. The molecule has 2 aromatic rings. The van der Waals surface area contributed by atoms with Gasteiger partial charge in [0.15, 0.2) is 11.2 Å². The molecular formula is C17H27N5O3. The third kappa shape index (κ3) is 3.41. The van der Waals surface area contributed by atoms with Crippen LogP contribution in [0.3, 0.4) is 0 Å². The van der Waals surface area contributed by atoms with Crippen molar-refractivity contribution in [1.29, 1.82) is 0 Å². The number of aryl methyl sites for hydroxylation is 2. The molecule has 3 rings (SSSR count). The zero-order chi connectivity index (χ0) is 18.4. The Hall–Kier alpha value is -1.93. The highest BCUT2D eigenvalue weighted by Crippen LogP contribution is 2.20. The minimum Gasteiger partial charge on any atom is -0.370 e. The van der Waals surface area contributed by atoms with Crippen LogP contribution in [0, 0.1) is 0 Å². The van der Waals surface area contributed by atoms with Crippen molar-refractivity contribution in [3.8, 4) is 0 Å². The predicted molar refractivity (Wildman–Crippen MR) is 95.9 cm³/mol. The van der Waals surface area contributed by atoms with Gasteiger partial charge in [0.2, 0.25) is 0 Å². The fourth-order valence-electron chi connectivity index (χ4n) is 3.80. The van der Waals surface area contributed by atoms with Crippen molar-refractivity contribution in [2.45, 2.75) is 45.4 Å². The number of imidazole rings is 1. The van der Waals surface area contributed by atoms with Crippen LogP contribution in [0.4, 0.5) is 0 Å². The van der Waals surface area contributed by atoms with Gasteiger partial charge in [0.05, 0.1) is 18.0 Å². The maximum Gasteiger partial charge on any atom is 0.332 e. The highest BCUT2D eigenvalue weighted by Gasteiger charge is 2.30. The molecule has 1 aliphatic rings. The molecule has 0 N–H and O–H groups in total. The smallest absolute Gasteiger partial charge is 0.332 e. The number of rotatable bonds is 4. The van der Waals surface area contributed by atoms with E-state index in [2.05, 4.69) is 30.7 Å². The van der Waals surface area contributed by atoms with Crippen molar-refractivity contribution in [1.82, 2.24) is 23.6 Å². The second-order valence-electron chi connectivity index (χ2n) is 7.60.